The number of fused-ring (bicyclic) bond motifs is 1. The van der Waals surface area contributed by atoms with Crippen LogP contribution < -0.4 is 4.74 Å². The summed E-state index contributed by atoms with van der Waals surface area (Å²) >= 11 is 0. The predicted octanol–water partition coefficient (Wildman–Crippen LogP) is 4.48. The average molecular weight is 360 g/mol. The molecule has 2 heterocycles. The maximum absolute atomic E-state index is 12.5. The van der Waals surface area contributed by atoms with Crippen molar-refractivity contribution in [2.45, 2.75) is 20.3 Å². The summed E-state index contributed by atoms with van der Waals surface area (Å²) in [5, 5.41) is 1.25. The van der Waals surface area contributed by atoms with Crippen LogP contribution in [0.3, 0.4) is 0 Å². The molecule has 0 saturated heterocycles. The minimum Gasteiger partial charge on any atom is -0.484 e. The van der Waals surface area contributed by atoms with Crippen LogP contribution in [0.1, 0.15) is 23.1 Å². The first-order valence-corrected chi connectivity index (χ1v) is 9.35. The van der Waals surface area contributed by atoms with Crippen LogP contribution in [0.5, 0.6) is 5.75 Å². The third-order valence-corrected chi connectivity index (χ3v) is 5.21. The predicted molar refractivity (Wildman–Crippen MR) is 109 cm³/mol. The minimum atomic E-state index is 0.0284. The smallest absolute Gasteiger partial charge is 0.260 e. The van der Waals surface area contributed by atoms with Crippen molar-refractivity contribution in [3.63, 3.8) is 0 Å². The first-order chi connectivity index (χ1) is 13.1. The van der Waals surface area contributed by atoms with Gasteiger partial charge in [0.2, 0.25) is 0 Å². The second kappa shape index (κ2) is 7.31. The number of aromatic nitrogens is 1. The van der Waals surface area contributed by atoms with Crippen LogP contribution in [-0.2, 0) is 4.79 Å². The first-order valence-electron chi connectivity index (χ1n) is 9.35. The zero-order valence-electron chi connectivity index (χ0n) is 15.8. The van der Waals surface area contributed by atoms with Gasteiger partial charge in [-0.2, -0.15) is 0 Å². The first kappa shape index (κ1) is 17.4. The Hall–Kier alpha value is -3.01. The molecule has 1 aliphatic rings. The molecule has 0 bridgehead atoms. The molecule has 3 aromatic rings. The quantitative estimate of drug-likeness (QED) is 0.746. The third kappa shape index (κ3) is 3.61. The number of rotatable bonds is 4. The normalized spacial score (nSPS) is 14.3. The SMILES string of the molecule is Cc1ccc(OCC(=O)N2CC=C(c3c[nH]c4c(C)cccc34)CC2)cc1. The molecule has 1 amide bonds. The van der Waals surface area contributed by atoms with Crippen molar-refractivity contribution in [1.82, 2.24) is 9.88 Å². The molecule has 1 aromatic heterocycles. The second-order valence-electron chi connectivity index (χ2n) is 7.12. The van der Waals surface area contributed by atoms with E-state index in [-0.39, 0.29) is 12.5 Å². The highest BCUT2D eigenvalue weighted by Crippen LogP contribution is 2.30. The topological polar surface area (TPSA) is 45.3 Å². The summed E-state index contributed by atoms with van der Waals surface area (Å²) in [5.74, 6) is 0.761. The van der Waals surface area contributed by atoms with Crippen molar-refractivity contribution in [2.24, 2.45) is 0 Å². The molecule has 1 N–H and O–H groups in total. The number of aryl methyl sites for hydroxylation is 2. The van der Waals surface area contributed by atoms with Crippen LogP contribution >= 0.6 is 0 Å². The number of nitrogens with zero attached hydrogens (tertiary/aromatic N) is 1. The van der Waals surface area contributed by atoms with Crippen LogP contribution in [-0.4, -0.2) is 35.5 Å². The highest BCUT2D eigenvalue weighted by Gasteiger charge is 2.20. The Kier molecular flexibility index (Phi) is 4.71. The number of benzene rings is 2. The molecule has 2 aromatic carbocycles. The summed E-state index contributed by atoms with van der Waals surface area (Å²) in [5.41, 5.74) is 6.17. The maximum atomic E-state index is 12.5. The lowest BCUT2D eigenvalue weighted by molar-refractivity contribution is -0.132. The summed E-state index contributed by atoms with van der Waals surface area (Å²) in [4.78, 5) is 17.7. The molecule has 4 nitrogen and oxygen atoms in total. The van der Waals surface area contributed by atoms with Gasteiger partial charge in [0.25, 0.3) is 5.91 Å². The van der Waals surface area contributed by atoms with Gasteiger partial charge in [0.1, 0.15) is 5.75 Å². The summed E-state index contributed by atoms with van der Waals surface area (Å²) in [7, 11) is 0. The Balaban J connectivity index is 1.41. The van der Waals surface area contributed by atoms with Crippen molar-refractivity contribution >= 4 is 22.4 Å². The molecule has 0 saturated carbocycles. The molecular weight excluding hydrogens is 336 g/mol. The molecule has 138 valence electrons. The lowest BCUT2D eigenvalue weighted by Gasteiger charge is -2.26. The highest BCUT2D eigenvalue weighted by molar-refractivity contribution is 5.94. The van der Waals surface area contributed by atoms with Crippen molar-refractivity contribution in [1.29, 1.82) is 0 Å². The zero-order valence-corrected chi connectivity index (χ0v) is 15.8. The van der Waals surface area contributed by atoms with E-state index in [1.54, 1.807) is 0 Å². The van der Waals surface area contributed by atoms with E-state index in [9.17, 15) is 4.79 Å². The summed E-state index contributed by atoms with van der Waals surface area (Å²) in [6.45, 7) is 5.58. The van der Waals surface area contributed by atoms with Gasteiger partial charge >= 0.3 is 0 Å². The number of aromatic amines is 1. The zero-order chi connectivity index (χ0) is 18.8. The standard InChI is InChI=1S/C23H24N2O2/c1-16-6-8-19(9-7-16)27-15-22(26)25-12-10-18(11-13-25)21-14-24-23-17(2)4-3-5-20(21)23/h3-10,14,24H,11-13,15H2,1-2H3. The van der Waals surface area contributed by atoms with Gasteiger partial charge in [0, 0.05) is 35.8 Å². The van der Waals surface area contributed by atoms with Gasteiger partial charge in [-0.1, -0.05) is 42.0 Å². The summed E-state index contributed by atoms with van der Waals surface area (Å²) in [6.07, 6.45) is 5.11. The Morgan fingerprint density at radius 3 is 2.70 bits per heavy atom. The molecule has 0 unspecified atom stereocenters. The summed E-state index contributed by atoms with van der Waals surface area (Å²) < 4.78 is 5.63. The van der Waals surface area contributed by atoms with Gasteiger partial charge < -0.3 is 14.6 Å². The Labute approximate surface area is 159 Å². The van der Waals surface area contributed by atoms with Crippen molar-refractivity contribution in [2.75, 3.05) is 19.7 Å². The number of H-pyrrole nitrogens is 1. The van der Waals surface area contributed by atoms with Gasteiger partial charge in [0.05, 0.1) is 0 Å². The van der Waals surface area contributed by atoms with Crippen LogP contribution in [0.25, 0.3) is 16.5 Å². The van der Waals surface area contributed by atoms with Crippen LogP contribution in [0, 0.1) is 13.8 Å². The number of nitrogens with one attached hydrogen (secondary N) is 1. The molecule has 0 spiro atoms. The second-order valence-corrected chi connectivity index (χ2v) is 7.12. The van der Waals surface area contributed by atoms with Gasteiger partial charge in [-0.25, -0.2) is 0 Å². The molecule has 0 fully saturated rings. The highest BCUT2D eigenvalue weighted by atomic mass is 16.5. The van der Waals surface area contributed by atoms with Crippen LogP contribution in [0.15, 0.2) is 54.7 Å². The molecule has 0 radical (unpaired) electrons. The number of para-hydroxylation sites is 1. The van der Waals surface area contributed by atoms with E-state index in [1.807, 2.05) is 36.1 Å². The average Bonchev–Trinajstić information content (AvgIpc) is 3.13. The largest absolute Gasteiger partial charge is 0.484 e. The molecular formula is C23H24N2O2. The fourth-order valence-electron chi connectivity index (χ4n) is 3.58. The fourth-order valence-corrected chi connectivity index (χ4v) is 3.58. The van der Waals surface area contributed by atoms with Crippen LogP contribution in [0.4, 0.5) is 0 Å². The molecule has 4 heteroatoms. The fraction of sp³-hybridized carbons (Fsp3) is 0.261. The number of hydrogen-bond acceptors (Lipinski definition) is 2. The van der Waals surface area contributed by atoms with E-state index < -0.39 is 0 Å². The monoisotopic (exact) mass is 360 g/mol. The van der Waals surface area contributed by atoms with Crippen molar-refractivity contribution in [3.8, 4) is 5.75 Å². The van der Waals surface area contributed by atoms with E-state index in [2.05, 4.69) is 42.4 Å². The van der Waals surface area contributed by atoms with Gasteiger partial charge in [-0.05, 0) is 43.5 Å². The number of carbonyl (C=O) groups is 1. The summed E-state index contributed by atoms with van der Waals surface area (Å²) in [6, 6.07) is 14.1. The van der Waals surface area contributed by atoms with E-state index in [0.717, 1.165) is 18.7 Å². The lowest BCUT2D eigenvalue weighted by atomic mass is 9.98. The van der Waals surface area contributed by atoms with E-state index in [0.29, 0.717) is 6.54 Å². The third-order valence-electron chi connectivity index (χ3n) is 5.21. The number of amides is 1. The number of hydrogen-bond donors (Lipinski definition) is 1. The van der Waals surface area contributed by atoms with E-state index in [1.165, 1.54) is 33.2 Å². The molecule has 1 aliphatic heterocycles. The van der Waals surface area contributed by atoms with Gasteiger partial charge in [-0.15, -0.1) is 0 Å². The number of carbonyl (C=O) groups excluding carboxylic acids is 1. The molecule has 0 aliphatic carbocycles. The maximum Gasteiger partial charge on any atom is 0.260 e. The minimum absolute atomic E-state index is 0.0284. The van der Waals surface area contributed by atoms with E-state index >= 15 is 0 Å². The van der Waals surface area contributed by atoms with Gasteiger partial charge in [0.15, 0.2) is 6.61 Å². The van der Waals surface area contributed by atoms with Crippen LogP contribution in [0.2, 0.25) is 0 Å². The molecule has 27 heavy (non-hydrogen) atoms. The van der Waals surface area contributed by atoms with Crippen molar-refractivity contribution < 1.29 is 9.53 Å². The Morgan fingerprint density at radius 1 is 1.15 bits per heavy atom. The van der Waals surface area contributed by atoms with Crippen molar-refractivity contribution in [3.05, 3.63) is 71.4 Å². The molecule has 0 atom stereocenters. The van der Waals surface area contributed by atoms with Gasteiger partial charge in [-0.3, -0.25) is 4.79 Å². The number of ether oxygens (including phenoxy) is 1. The molecule has 4 rings (SSSR count). The Morgan fingerprint density at radius 2 is 1.96 bits per heavy atom. The van der Waals surface area contributed by atoms with E-state index in [4.69, 9.17) is 4.74 Å². The lowest BCUT2D eigenvalue weighted by Crippen LogP contribution is -2.37. The Bertz CT molecular complexity index is 999.